The van der Waals surface area contributed by atoms with Crippen LogP contribution in [0.5, 0.6) is 5.75 Å². The average Bonchev–Trinajstić information content (AvgIpc) is 2.64. The second kappa shape index (κ2) is 13.1. The average molecular weight is 494 g/mol. The first-order valence-corrected chi connectivity index (χ1v) is 9.24. The van der Waals surface area contributed by atoms with Crippen LogP contribution in [0.2, 0.25) is 0 Å². The van der Waals surface area contributed by atoms with E-state index in [0.29, 0.717) is 12.5 Å². The van der Waals surface area contributed by atoms with E-state index < -0.39 is 0 Å². The number of hydrogen-bond acceptors (Lipinski definition) is 4. The Morgan fingerprint density at radius 2 is 1.89 bits per heavy atom. The van der Waals surface area contributed by atoms with Gasteiger partial charge in [0, 0.05) is 33.2 Å². The second-order valence-corrected chi connectivity index (χ2v) is 6.71. The number of nitrogens with zero attached hydrogens (tertiary/aromatic N) is 2. The summed E-state index contributed by atoms with van der Waals surface area (Å²) in [6, 6.07) is 6.43. The van der Waals surface area contributed by atoms with E-state index in [1.54, 1.807) is 25.2 Å². The molecule has 1 aromatic rings. The van der Waals surface area contributed by atoms with Crippen LogP contribution in [0.25, 0.3) is 0 Å². The maximum atomic E-state index is 13.6. The maximum Gasteiger partial charge on any atom is 0.191 e. The van der Waals surface area contributed by atoms with E-state index in [-0.39, 0.29) is 41.6 Å². The van der Waals surface area contributed by atoms with Crippen molar-refractivity contribution in [3.8, 4) is 5.75 Å². The van der Waals surface area contributed by atoms with Crippen LogP contribution in [0.1, 0.15) is 13.8 Å². The summed E-state index contributed by atoms with van der Waals surface area (Å²) in [6.07, 6.45) is -0.184. The lowest BCUT2D eigenvalue weighted by Crippen LogP contribution is -2.45. The summed E-state index contributed by atoms with van der Waals surface area (Å²) in [5.41, 5.74) is 0. The van der Waals surface area contributed by atoms with Crippen LogP contribution in [0, 0.1) is 11.7 Å². The van der Waals surface area contributed by atoms with Crippen LogP contribution in [0.4, 0.5) is 4.39 Å². The standard InChI is InChI=1S/C19H31FN4O2.HI/c1-15(14-24-8-10-25-11-9-24)12-22-19(21-3)23-13-16(2)26-18-7-5-4-6-17(18)20;/h4-7,15-16H,8-14H2,1-3H3,(H2,21,22,23);1H. The largest absolute Gasteiger partial charge is 0.486 e. The fourth-order valence-corrected chi connectivity index (χ4v) is 2.82. The Kier molecular flexibility index (Phi) is 11.6. The summed E-state index contributed by atoms with van der Waals surface area (Å²) in [5.74, 6) is 1.14. The van der Waals surface area contributed by atoms with Crippen molar-refractivity contribution in [1.29, 1.82) is 0 Å². The number of hydrogen-bond donors (Lipinski definition) is 2. The molecule has 154 valence electrons. The summed E-state index contributed by atoms with van der Waals surface area (Å²) >= 11 is 0. The van der Waals surface area contributed by atoms with Gasteiger partial charge in [-0.1, -0.05) is 19.1 Å². The molecule has 0 amide bonds. The molecule has 6 nitrogen and oxygen atoms in total. The number of para-hydroxylation sites is 1. The number of halogens is 2. The molecule has 1 saturated heterocycles. The number of morpholine rings is 1. The van der Waals surface area contributed by atoms with Gasteiger partial charge >= 0.3 is 0 Å². The highest BCUT2D eigenvalue weighted by molar-refractivity contribution is 14.0. The summed E-state index contributed by atoms with van der Waals surface area (Å²) in [5, 5.41) is 6.57. The van der Waals surface area contributed by atoms with Crippen molar-refractivity contribution in [2.75, 3.05) is 53.0 Å². The molecule has 1 aliphatic heterocycles. The summed E-state index contributed by atoms with van der Waals surface area (Å²) < 4.78 is 24.6. The molecular formula is C19H32FIN4O2. The molecule has 1 aromatic carbocycles. The van der Waals surface area contributed by atoms with E-state index in [1.165, 1.54) is 6.07 Å². The van der Waals surface area contributed by atoms with Crippen LogP contribution in [-0.4, -0.2) is 69.9 Å². The van der Waals surface area contributed by atoms with Crippen molar-refractivity contribution in [1.82, 2.24) is 15.5 Å². The van der Waals surface area contributed by atoms with Gasteiger partial charge < -0.3 is 20.1 Å². The van der Waals surface area contributed by atoms with E-state index in [4.69, 9.17) is 9.47 Å². The van der Waals surface area contributed by atoms with E-state index in [2.05, 4.69) is 27.4 Å². The lowest BCUT2D eigenvalue weighted by Gasteiger charge is -2.29. The molecule has 1 fully saturated rings. The molecule has 2 atom stereocenters. The number of guanidine groups is 1. The zero-order chi connectivity index (χ0) is 18.8. The third-order valence-electron chi connectivity index (χ3n) is 4.24. The van der Waals surface area contributed by atoms with Gasteiger partial charge in [0.15, 0.2) is 17.5 Å². The fourth-order valence-electron chi connectivity index (χ4n) is 2.82. The van der Waals surface area contributed by atoms with Gasteiger partial charge in [-0.3, -0.25) is 9.89 Å². The predicted octanol–water partition coefficient (Wildman–Crippen LogP) is 2.34. The van der Waals surface area contributed by atoms with Gasteiger partial charge in [-0.2, -0.15) is 0 Å². The van der Waals surface area contributed by atoms with Crippen molar-refractivity contribution < 1.29 is 13.9 Å². The Balaban J connectivity index is 0.00000364. The highest BCUT2D eigenvalue weighted by atomic mass is 127. The molecule has 8 heteroatoms. The first-order chi connectivity index (χ1) is 12.6. The van der Waals surface area contributed by atoms with Crippen molar-refractivity contribution in [2.24, 2.45) is 10.9 Å². The first kappa shape index (κ1) is 23.9. The zero-order valence-corrected chi connectivity index (χ0v) is 18.7. The minimum atomic E-state index is -0.348. The van der Waals surface area contributed by atoms with Crippen LogP contribution in [0.15, 0.2) is 29.3 Å². The molecule has 2 N–H and O–H groups in total. The Morgan fingerprint density at radius 1 is 1.22 bits per heavy atom. The van der Waals surface area contributed by atoms with E-state index >= 15 is 0 Å². The molecule has 0 aromatic heterocycles. The van der Waals surface area contributed by atoms with E-state index in [1.807, 2.05) is 6.92 Å². The summed E-state index contributed by atoms with van der Waals surface area (Å²) in [7, 11) is 1.74. The minimum absolute atomic E-state index is 0. The molecule has 27 heavy (non-hydrogen) atoms. The maximum absolute atomic E-state index is 13.6. The Labute approximate surface area is 178 Å². The number of ether oxygens (including phenoxy) is 2. The SMILES string of the molecule is CN=C(NCC(C)CN1CCOCC1)NCC(C)Oc1ccccc1F.I. The van der Waals surface area contributed by atoms with Gasteiger partial charge in [0.2, 0.25) is 0 Å². The Hall–Kier alpha value is -1.13. The Morgan fingerprint density at radius 3 is 2.56 bits per heavy atom. The molecule has 2 rings (SSSR count). The molecule has 0 radical (unpaired) electrons. The summed E-state index contributed by atoms with van der Waals surface area (Å²) in [6.45, 7) is 10.2. The lowest BCUT2D eigenvalue weighted by atomic mass is 10.1. The number of benzene rings is 1. The molecule has 0 bridgehead atoms. The normalized spacial score (nSPS) is 17.6. The van der Waals surface area contributed by atoms with Crippen LogP contribution in [-0.2, 0) is 4.74 Å². The molecule has 2 unspecified atom stereocenters. The van der Waals surface area contributed by atoms with Crippen molar-refractivity contribution in [3.63, 3.8) is 0 Å². The number of nitrogens with one attached hydrogen (secondary N) is 2. The topological polar surface area (TPSA) is 58.1 Å². The monoisotopic (exact) mass is 494 g/mol. The molecular weight excluding hydrogens is 462 g/mol. The second-order valence-electron chi connectivity index (χ2n) is 6.71. The third-order valence-corrected chi connectivity index (χ3v) is 4.24. The van der Waals surface area contributed by atoms with Crippen LogP contribution < -0.4 is 15.4 Å². The molecule has 1 aliphatic rings. The van der Waals surface area contributed by atoms with Gasteiger partial charge in [0.1, 0.15) is 6.10 Å². The predicted molar refractivity (Wildman–Crippen MR) is 118 cm³/mol. The lowest BCUT2D eigenvalue weighted by molar-refractivity contribution is 0.0320. The number of rotatable bonds is 8. The van der Waals surface area contributed by atoms with E-state index in [9.17, 15) is 4.39 Å². The molecule has 0 saturated carbocycles. The van der Waals surface area contributed by atoms with Gasteiger partial charge in [-0.05, 0) is 25.0 Å². The quantitative estimate of drug-likeness (QED) is 0.330. The molecule has 1 heterocycles. The van der Waals surface area contributed by atoms with Gasteiger partial charge in [-0.25, -0.2) is 4.39 Å². The fraction of sp³-hybridized carbons (Fsp3) is 0.632. The smallest absolute Gasteiger partial charge is 0.191 e. The third kappa shape index (κ3) is 9.07. The summed E-state index contributed by atoms with van der Waals surface area (Å²) in [4.78, 5) is 6.66. The van der Waals surface area contributed by atoms with Crippen molar-refractivity contribution >= 4 is 29.9 Å². The van der Waals surface area contributed by atoms with Gasteiger partial charge in [-0.15, -0.1) is 24.0 Å². The van der Waals surface area contributed by atoms with Gasteiger partial charge in [0.05, 0.1) is 19.8 Å². The Bertz CT molecular complexity index is 570. The van der Waals surface area contributed by atoms with Crippen LogP contribution in [0.3, 0.4) is 0 Å². The number of aliphatic imine (C=N–C) groups is 1. The minimum Gasteiger partial charge on any atom is -0.486 e. The molecule has 0 spiro atoms. The first-order valence-electron chi connectivity index (χ1n) is 9.24. The van der Waals surface area contributed by atoms with Gasteiger partial charge in [0.25, 0.3) is 0 Å². The highest BCUT2D eigenvalue weighted by Gasteiger charge is 2.14. The van der Waals surface area contributed by atoms with Crippen molar-refractivity contribution in [3.05, 3.63) is 30.1 Å². The highest BCUT2D eigenvalue weighted by Crippen LogP contribution is 2.16. The molecule has 0 aliphatic carbocycles. The zero-order valence-electron chi connectivity index (χ0n) is 16.4. The van der Waals surface area contributed by atoms with E-state index in [0.717, 1.165) is 45.4 Å². The van der Waals surface area contributed by atoms with Crippen molar-refractivity contribution in [2.45, 2.75) is 20.0 Å². The van der Waals surface area contributed by atoms with Crippen LogP contribution >= 0.6 is 24.0 Å².